The summed E-state index contributed by atoms with van der Waals surface area (Å²) in [7, 11) is -3.82. The smallest absolute Gasteiger partial charge is 0.262 e. The lowest BCUT2D eigenvalue weighted by Gasteiger charge is -2.14. The summed E-state index contributed by atoms with van der Waals surface area (Å²) in [5.41, 5.74) is 6.88. The first kappa shape index (κ1) is 15.9. The third-order valence-electron chi connectivity index (χ3n) is 2.96. The van der Waals surface area contributed by atoms with E-state index in [9.17, 15) is 8.42 Å². The lowest BCUT2D eigenvalue weighted by molar-refractivity contribution is 0.600. The van der Waals surface area contributed by atoms with Gasteiger partial charge in [-0.3, -0.25) is 4.72 Å². The average Bonchev–Trinajstić information content (AvgIpc) is 2.43. The van der Waals surface area contributed by atoms with Crippen molar-refractivity contribution in [1.82, 2.24) is 0 Å². The number of para-hydroxylation sites is 1. The maximum Gasteiger partial charge on any atom is 0.262 e. The largest absolute Gasteiger partial charge is 0.399 e. The number of aryl methyl sites for hydroxylation is 1. The molecule has 0 aliphatic carbocycles. The number of nitrogens with two attached hydrogens (primary N) is 1. The molecule has 0 spiro atoms. The number of rotatable bonds is 4. The van der Waals surface area contributed by atoms with E-state index in [0.29, 0.717) is 17.7 Å². The monoisotopic (exact) mass is 344 g/mol. The van der Waals surface area contributed by atoms with E-state index in [-0.39, 0.29) is 20.6 Å². The lowest BCUT2D eigenvalue weighted by Crippen LogP contribution is -2.16. The fourth-order valence-corrected chi connectivity index (χ4v) is 3.95. The predicted molar refractivity (Wildman–Crippen MR) is 87.5 cm³/mol. The van der Waals surface area contributed by atoms with Gasteiger partial charge < -0.3 is 5.73 Å². The lowest BCUT2D eigenvalue weighted by atomic mass is 10.1. The Morgan fingerprint density at radius 1 is 1.14 bits per heavy atom. The van der Waals surface area contributed by atoms with E-state index in [1.165, 1.54) is 6.07 Å². The highest BCUT2D eigenvalue weighted by Crippen LogP contribution is 2.32. The number of sulfonamides is 1. The predicted octanol–water partition coefficient (Wildman–Crippen LogP) is 3.94. The van der Waals surface area contributed by atoms with Gasteiger partial charge >= 0.3 is 0 Å². The summed E-state index contributed by atoms with van der Waals surface area (Å²) >= 11 is 12.0. The molecule has 7 heteroatoms. The molecule has 21 heavy (non-hydrogen) atoms. The first-order chi connectivity index (χ1) is 9.85. The Hall–Kier alpha value is -1.43. The van der Waals surface area contributed by atoms with E-state index in [1.54, 1.807) is 30.3 Å². The molecule has 0 bridgehead atoms. The van der Waals surface area contributed by atoms with E-state index in [2.05, 4.69) is 4.72 Å². The van der Waals surface area contributed by atoms with Crippen LogP contribution in [0.15, 0.2) is 41.3 Å². The Balaban J connectivity index is 2.51. The summed E-state index contributed by atoms with van der Waals surface area (Å²) in [6, 6.07) is 9.54. The molecule has 0 saturated carbocycles. The molecular weight excluding hydrogens is 331 g/mol. The van der Waals surface area contributed by atoms with Crippen LogP contribution in [0.5, 0.6) is 0 Å². The molecule has 112 valence electrons. The SMILES string of the molecule is CCc1ccc(N)cc1S(=O)(=O)Nc1c(Cl)cccc1Cl. The summed E-state index contributed by atoms with van der Waals surface area (Å²) in [6.07, 6.45) is 0.562. The summed E-state index contributed by atoms with van der Waals surface area (Å²) in [5.74, 6) is 0. The number of nitrogens with one attached hydrogen (secondary N) is 1. The van der Waals surface area contributed by atoms with Crippen LogP contribution >= 0.6 is 23.2 Å². The molecule has 0 atom stereocenters. The van der Waals surface area contributed by atoms with E-state index >= 15 is 0 Å². The van der Waals surface area contributed by atoms with Gasteiger partial charge in [0.1, 0.15) is 0 Å². The van der Waals surface area contributed by atoms with Gasteiger partial charge in [0.2, 0.25) is 0 Å². The maximum absolute atomic E-state index is 12.6. The topological polar surface area (TPSA) is 72.2 Å². The van der Waals surface area contributed by atoms with Crippen LogP contribution in [0.25, 0.3) is 0 Å². The van der Waals surface area contributed by atoms with Crippen LogP contribution in [0.1, 0.15) is 12.5 Å². The molecule has 3 N–H and O–H groups in total. The van der Waals surface area contributed by atoms with Crippen LogP contribution in [-0.2, 0) is 16.4 Å². The van der Waals surface area contributed by atoms with Crippen molar-refractivity contribution in [3.8, 4) is 0 Å². The van der Waals surface area contributed by atoms with Gasteiger partial charge in [0, 0.05) is 5.69 Å². The van der Waals surface area contributed by atoms with Gasteiger partial charge in [-0.2, -0.15) is 0 Å². The van der Waals surface area contributed by atoms with Crippen molar-refractivity contribution in [3.05, 3.63) is 52.0 Å². The van der Waals surface area contributed by atoms with Crippen molar-refractivity contribution in [3.63, 3.8) is 0 Å². The van der Waals surface area contributed by atoms with Gasteiger partial charge in [0.15, 0.2) is 0 Å². The number of anilines is 2. The zero-order valence-electron chi connectivity index (χ0n) is 11.2. The van der Waals surface area contributed by atoms with Crippen LogP contribution in [-0.4, -0.2) is 8.42 Å². The fraction of sp³-hybridized carbons (Fsp3) is 0.143. The summed E-state index contributed by atoms with van der Waals surface area (Å²) < 4.78 is 27.5. The highest BCUT2D eigenvalue weighted by Gasteiger charge is 2.20. The van der Waals surface area contributed by atoms with E-state index in [4.69, 9.17) is 28.9 Å². The van der Waals surface area contributed by atoms with Gasteiger partial charge in [0.05, 0.1) is 20.6 Å². The minimum absolute atomic E-state index is 0.126. The number of nitrogen functional groups attached to an aromatic ring is 1. The number of hydrogen-bond acceptors (Lipinski definition) is 3. The van der Waals surface area contributed by atoms with Crippen LogP contribution in [0.3, 0.4) is 0 Å². The molecular formula is C14H14Cl2N2O2S. The standard InChI is InChI=1S/C14H14Cl2N2O2S/c1-2-9-6-7-10(17)8-13(9)21(19,20)18-14-11(15)4-3-5-12(14)16/h3-8,18H,2,17H2,1H3. The van der Waals surface area contributed by atoms with E-state index < -0.39 is 10.0 Å². The van der Waals surface area contributed by atoms with Crippen molar-refractivity contribution in [1.29, 1.82) is 0 Å². The first-order valence-electron chi connectivity index (χ1n) is 6.20. The van der Waals surface area contributed by atoms with Crippen molar-refractivity contribution in [2.45, 2.75) is 18.2 Å². The van der Waals surface area contributed by atoms with Gasteiger partial charge in [0.25, 0.3) is 10.0 Å². The highest BCUT2D eigenvalue weighted by molar-refractivity contribution is 7.92. The highest BCUT2D eigenvalue weighted by atomic mass is 35.5. The van der Waals surface area contributed by atoms with Crippen molar-refractivity contribution in [2.24, 2.45) is 0 Å². The first-order valence-corrected chi connectivity index (χ1v) is 8.44. The Kier molecular flexibility index (Phi) is 4.66. The fourth-order valence-electron chi connectivity index (χ4n) is 1.90. The molecule has 2 rings (SSSR count). The van der Waals surface area contributed by atoms with E-state index in [1.807, 2.05) is 6.92 Å². The molecule has 0 amide bonds. The Bertz CT molecular complexity index is 756. The normalized spacial score (nSPS) is 11.4. The average molecular weight is 345 g/mol. The molecule has 4 nitrogen and oxygen atoms in total. The third-order valence-corrected chi connectivity index (χ3v) is 5.02. The second-order valence-corrected chi connectivity index (χ2v) is 6.89. The molecule has 0 aliphatic rings. The van der Waals surface area contributed by atoms with Crippen LogP contribution in [0.2, 0.25) is 10.0 Å². The second kappa shape index (κ2) is 6.13. The van der Waals surface area contributed by atoms with Gasteiger partial charge in [-0.15, -0.1) is 0 Å². The molecule has 0 fully saturated rings. The zero-order valence-corrected chi connectivity index (χ0v) is 13.6. The van der Waals surface area contributed by atoms with Gasteiger partial charge in [-0.05, 0) is 36.2 Å². The summed E-state index contributed by atoms with van der Waals surface area (Å²) in [6.45, 7) is 1.87. The number of hydrogen-bond donors (Lipinski definition) is 2. The Morgan fingerprint density at radius 2 is 1.76 bits per heavy atom. The summed E-state index contributed by atoms with van der Waals surface area (Å²) in [4.78, 5) is 0.126. The van der Waals surface area contributed by atoms with Crippen LogP contribution < -0.4 is 10.5 Å². The van der Waals surface area contributed by atoms with Crippen molar-refractivity contribution in [2.75, 3.05) is 10.5 Å². The second-order valence-electron chi connectivity index (χ2n) is 4.42. The molecule has 2 aromatic carbocycles. The molecule has 0 saturated heterocycles. The van der Waals surface area contributed by atoms with Crippen LogP contribution in [0, 0.1) is 0 Å². The van der Waals surface area contributed by atoms with E-state index in [0.717, 1.165) is 0 Å². The molecule has 0 radical (unpaired) electrons. The zero-order chi connectivity index (χ0) is 15.6. The molecule has 0 aliphatic heterocycles. The number of benzene rings is 2. The van der Waals surface area contributed by atoms with Gasteiger partial charge in [-0.25, -0.2) is 8.42 Å². The quantitative estimate of drug-likeness (QED) is 0.825. The molecule has 0 heterocycles. The van der Waals surface area contributed by atoms with Crippen molar-refractivity contribution < 1.29 is 8.42 Å². The Labute approximate surface area is 133 Å². The maximum atomic E-state index is 12.6. The molecule has 0 unspecified atom stereocenters. The minimum Gasteiger partial charge on any atom is -0.399 e. The van der Waals surface area contributed by atoms with Crippen LogP contribution in [0.4, 0.5) is 11.4 Å². The Morgan fingerprint density at radius 3 is 2.33 bits per heavy atom. The number of halogens is 2. The summed E-state index contributed by atoms with van der Waals surface area (Å²) in [5, 5.41) is 0.459. The molecule has 0 aromatic heterocycles. The van der Waals surface area contributed by atoms with Crippen molar-refractivity contribution >= 4 is 44.6 Å². The van der Waals surface area contributed by atoms with Gasteiger partial charge in [-0.1, -0.05) is 42.3 Å². The minimum atomic E-state index is -3.82. The third kappa shape index (κ3) is 3.43. The molecule has 2 aromatic rings.